The topological polar surface area (TPSA) is 26.3 Å². The van der Waals surface area contributed by atoms with Crippen LogP contribution in [0, 0.1) is 0 Å². The minimum Gasteiger partial charge on any atom is -0.408 e. The van der Waals surface area contributed by atoms with Crippen LogP contribution in [0.1, 0.15) is 13.3 Å². The van der Waals surface area contributed by atoms with Crippen LogP contribution in [0.4, 0.5) is 0 Å². The molecule has 2 nitrogen and oxygen atoms in total. The Hall–Kier alpha value is -1.50. The normalized spacial score (nSPS) is 13.6. The summed E-state index contributed by atoms with van der Waals surface area (Å²) in [4.78, 5) is 11.0. The van der Waals surface area contributed by atoms with Gasteiger partial charge in [0.25, 0.3) is 0 Å². The first-order chi connectivity index (χ1) is 10.9. The van der Waals surface area contributed by atoms with E-state index in [1.165, 1.54) is 10.4 Å². The summed E-state index contributed by atoms with van der Waals surface area (Å²) in [5.41, 5.74) is 0. The van der Waals surface area contributed by atoms with E-state index in [9.17, 15) is 4.79 Å². The van der Waals surface area contributed by atoms with Crippen LogP contribution in [-0.4, -0.2) is 27.8 Å². The predicted molar refractivity (Wildman–Crippen MR) is 102 cm³/mol. The van der Waals surface area contributed by atoms with Gasteiger partial charge in [-0.2, -0.15) is 0 Å². The maximum absolute atomic E-state index is 11.0. The fourth-order valence-electron chi connectivity index (χ4n) is 3.18. The molecule has 0 saturated carbocycles. The Morgan fingerprint density at radius 1 is 0.913 bits per heavy atom. The summed E-state index contributed by atoms with van der Waals surface area (Å²) in [5, 5.41) is 2.62. The molecule has 0 saturated heterocycles. The van der Waals surface area contributed by atoms with Crippen LogP contribution in [0.2, 0.25) is 19.6 Å². The number of benzene rings is 2. The van der Waals surface area contributed by atoms with Gasteiger partial charge in [-0.15, -0.1) is 0 Å². The third-order valence-corrected chi connectivity index (χ3v) is 17.8. The molecular weight excluding hydrogens is 316 g/mol. The Kier molecular flexibility index (Phi) is 5.73. The second kappa shape index (κ2) is 7.38. The van der Waals surface area contributed by atoms with Gasteiger partial charge in [0.15, 0.2) is 0 Å². The molecule has 0 aliphatic heterocycles. The summed E-state index contributed by atoms with van der Waals surface area (Å²) in [6.07, 6.45) is 1.34. The van der Waals surface area contributed by atoms with Gasteiger partial charge in [0.2, 0.25) is 7.83 Å². The van der Waals surface area contributed by atoms with Crippen molar-refractivity contribution in [3.8, 4) is 0 Å². The number of hydrogen-bond acceptors (Lipinski definition) is 2. The van der Waals surface area contributed by atoms with Crippen molar-refractivity contribution < 1.29 is 9.22 Å². The zero-order chi connectivity index (χ0) is 16.9. The molecule has 0 radical (unpaired) electrons. The molecule has 4 heteroatoms. The molecule has 23 heavy (non-hydrogen) atoms. The average molecular weight is 343 g/mol. The molecule has 122 valence electrons. The van der Waals surface area contributed by atoms with Gasteiger partial charge in [0.05, 0.1) is 7.59 Å². The molecule has 0 aliphatic carbocycles. The van der Waals surface area contributed by atoms with E-state index in [4.69, 9.17) is 4.43 Å². The molecule has 0 N–H and O–H groups in total. The molecule has 0 aromatic heterocycles. The van der Waals surface area contributed by atoms with Crippen molar-refractivity contribution in [1.82, 2.24) is 0 Å². The molecule has 0 fully saturated rings. The van der Waals surface area contributed by atoms with E-state index < -0.39 is 15.4 Å². The molecule has 0 amide bonds. The van der Waals surface area contributed by atoms with Crippen LogP contribution in [-0.2, 0) is 9.22 Å². The first kappa shape index (κ1) is 17.9. The highest BCUT2D eigenvalue weighted by atomic mass is 29.3. The maximum atomic E-state index is 11.0. The van der Waals surface area contributed by atoms with Crippen molar-refractivity contribution in [2.45, 2.75) is 39.1 Å². The molecule has 2 aromatic carbocycles. The average Bonchev–Trinajstić information content (AvgIpc) is 2.53. The van der Waals surface area contributed by atoms with Crippen molar-refractivity contribution in [3.05, 3.63) is 60.7 Å². The van der Waals surface area contributed by atoms with E-state index in [0.29, 0.717) is 6.42 Å². The molecule has 0 unspecified atom stereocenters. The summed E-state index contributed by atoms with van der Waals surface area (Å²) in [6.45, 7) is 9.16. The summed E-state index contributed by atoms with van der Waals surface area (Å²) in [6, 6.07) is 21.3. The maximum Gasteiger partial charge on any atom is 0.240 e. The van der Waals surface area contributed by atoms with Gasteiger partial charge >= 0.3 is 0 Å². The molecule has 1 atom stereocenters. The Bertz CT molecular complexity index is 581. The van der Waals surface area contributed by atoms with E-state index in [1.807, 2.05) is 19.1 Å². The highest BCUT2D eigenvalue weighted by molar-refractivity contribution is 7.48. The second-order valence-electron chi connectivity index (χ2n) is 6.99. The fourth-order valence-corrected chi connectivity index (χ4v) is 15.8. The van der Waals surface area contributed by atoms with Crippen molar-refractivity contribution in [2.24, 2.45) is 0 Å². The van der Waals surface area contributed by atoms with Gasteiger partial charge in [-0.25, -0.2) is 0 Å². The quantitative estimate of drug-likeness (QED) is 0.571. The Morgan fingerprint density at radius 2 is 1.35 bits per heavy atom. The lowest BCUT2D eigenvalue weighted by molar-refractivity contribution is -0.109. The van der Waals surface area contributed by atoms with Gasteiger partial charge < -0.3 is 9.22 Å². The number of hydrogen-bond donors (Lipinski definition) is 0. The number of carbonyl (C=O) groups is 1. The zero-order valence-corrected chi connectivity index (χ0v) is 16.5. The number of carbonyl (C=O) groups excluding carboxylic acids is 1. The number of aldehydes is 1. The molecular formula is C19H26O2Si2. The summed E-state index contributed by atoms with van der Waals surface area (Å²) in [5.74, 6) is 0. The van der Waals surface area contributed by atoms with Gasteiger partial charge in [0, 0.05) is 12.5 Å². The Labute approximate surface area is 141 Å². The lowest BCUT2D eigenvalue weighted by Gasteiger charge is -2.43. The smallest absolute Gasteiger partial charge is 0.240 e. The molecule has 0 spiro atoms. The standard InChI is InChI=1S/C19H26O2Si2/c1-17(15-16-20)21-23(22(2,3)4,18-11-7-5-8-12-18)19-13-9-6-10-14-19/h5-14,16-17H,15H2,1-4H3/t17-/m1/s1. The lowest BCUT2D eigenvalue weighted by atomic mass is 10.3. The van der Waals surface area contributed by atoms with E-state index >= 15 is 0 Å². The van der Waals surface area contributed by atoms with Crippen LogP contribution < -0.4 is 10.4 Å². The van der Waals surface area contributed by atoms with Crippen molar-refractivity contribution in [3.63, 3.8) is 0 Å². The largest absolute Gasteiger partial charge is 0.408 e. The Morgan fingerprint density at radius 3 is 1.70 bits per heavy atom. The Balaban J connectivity index is 2.67. The lowest BCUT2D eigenvalue weighted by Crippen LogP contribution is -2.75. The highest BCUT2D eigenvalue weighted by Crippen LogP contribution is 2.23. The first-order valence-corrected chi connectivity index (χ1v) is 14.5. The fraction of sp³-hybridized carbons (Fsp3) is 0.316. The summed E-state index contributed by atoms with van der Waals surface area (Å²) < 4.78 is 6.78. The minimum absolute atomic E-state index is 0.0636. The van der Waals surface area contributed by atoms with E-state index in [1.54, 1.807) is 0 Å². The summed E-state index contributed by atoms with van der Waals surface area (Å²) in [7, 11) is -4.08. The zero-order valence-electron chi connectivity index (χ0n) is 14.5. The monoisotopic (exact) mass is 342 g/mol. The van der Waals surface area contributed by atoms with Gasteiger partial charge in [-0.3, -0.25) is 0 Å². The predicted octanol–water partition coefficient (Wildman–Crippen LogP) is 3.16. The van der Waals surface area contributed by atoms with Crippen molar-refractivity contribution in [2.75, 3.05) is 0 Å². The van der Waals surface area contributed by atoms with Crippen molar-refractivity contribution >= 4 is 32.1 Å². The van der Waals surface area contributed by atoms with E-state index in [2.05, 4.69) is 68.2 Å². The van der Waals surface area contributed by atoms with Crippen LogP contribution in [0.5, 0.6) is 0 Å². The molecule has 2 rings (SSSR count). The van der Waals surface area contributed by atoms with Crippen LogP contribution in [0.3, 0.4) is 0 Å². The van der Waals surface area contributed by atoms with E-state index in [0.717, 1.165) is 6.29 Å². The highest BCUT2D eigenvalue weighted by Gasteiger charge is 2.51. The van der Waals surface area contributed by atoms with Crippen molar-refractivity contribution in [1.29, 1.82) is 0 Å². The third kappa shape index (κ3) is 3.71. The van der Waals surface area contributed by atoms with Gasteiger partial charge in [0.1, 0.15) is 6.29 Å². The molecule has 2 aromatic rings. The first-order valence-electron chi connectivity index (χ1n) is 8.14. The number of rotatable bonds is 7. The molecule has 0 aliphatic rings. The SMILES string of the molecule is C[C@H](CC=O)O[Si](c1ccccc1)(c1ccccc1)[Si](C)(C)C. The van der Waals surface area contributed by atoms with Gasteiger partial charge in [-0.05, 0) is 17.3 Å². The third-order valence-electron chi connectivity index (χ3n) is 4.22. The molecule has 0 heterocycles. The van der Waals surface area contributed by atoms with Gasteiger partial charge in [-0.1, -0.05) is 80.3 Å². The van der Waals surface area contributed by atoms with E-state index in [-0.39, 0.29) is 6.10 Å². The second-order valence-corrected chi connectivity index (χ2v) is 20.9. The summed E-state index contributed by atoms with van der Waals surface area (Å²) >= 11 is 0. The molecule has 0 bridgehead atoms. The minimum atomic E-state index is -2.37. The van der Waals surface area contributed by atoms with Crippen LogP contribution >= 0.6 is 0 Å². The van der Waals surface area contributed by atoms with Crippen LogP contribution in [0.15, 0.2) is 60.7 Å². The van der Waals surface area contributed by atoms with Crippen LogP contribution in [0.25, 0.3) is 0 Å².